The Morgan fingerprint density at radius 2 is 1.55 bits per heavy atom. The summed E-state index contributed by atoms with van der Waals surface area (Å²) in [6, 6.07) is 25.7. The Balaban J connectivity index is 1.52. The number of carbonyl (C=O) groups excluding carboxylic acids is 1. The molecule has 1 heterocycles. The van der Waals surface area contributed by atoms with Gasteiger partial charge in [-0.15, -0.1) is 0 Å². The first kappa shape index (κ1) is 20.7. The number of amides is 1. The van der Waals surface area contributed by atoms with Gasteiger partial charge in [-0.25, -0.2) is 0 Å². The zero-order valence-corrected chi connectivity index (χ0v) is 17.9. The summed E-state index contributed by atoms with van der Waals surface area (Å²) in [7, 11) is 1.83. The van der Waals surface area contributed by atoms with Gasteiger partial charge in [0.25, 0.3) is 5.91 Å². The van der Waals surface area contributed by atoms with Gasteiger partial charge in [0.05, 0.1) is 11.6 Å². The van der Waals surface area contributed by atoms with Crippen molar-refractivity contribution < 1.29 is 4.79 Å². The molecule has 1 fully saturated rings. The minimum absolute atomic E-state index is 0.0524. The SMILES string of the molecule is CN(Cc1ccc(N2CCCCC2)cc1)C(=O)c1ccccc1-c1ccccc1C#N. The van der Waals surface area contributed by atoms with E-state index in [4.69, 9.17) is 0 Å². The van der Waals surface area contributed by atoms with Gasteiger partial charge >= 0.3 is 0 Å². The largest absolute Gasteiger partial charge is 0.372 e. The summed E-state index contributed by atoms with van der Waals surface area (Å²) in [5, 5.41) is 9.48. The molecule has 0 radical (unpaired) electrons. The van der Waals surface area contributed by atoms with Crippen LogP contribution in [0, 0.1) is 11.3 Å². The second kappa shape index (κ2) is 9.49. The molecule has 156 valence electrons. The fourth-order valence-corrected chi connectivity index (χ4v) is 4.24. The van der Waals surface area contributed by atoms with Gasteiger partial charge in [-0.2, -0.15) is 5.26 Å². The van der Waals surface area contributed by atoms with Crippen LogP contribution in [0.15, 0.2) is 72.8 Å². The first-order valence-electron chi connectivity index (χ1n) is 10.9. The number of hydrogen-bond donors (Lipinski definition) is 0. The molecular formula is C27H27N3O. The average molecular weight is 410 g/mol. The van der Waals surface area contributed by atoms with Crippen molar-refractivity contribution in [3.05, 3.63) is 89.5 Å². The third-order valence-electron chi connectivity index (χ3n) is 5.92. The molecule has 1 amide bonds. The zero-order chi connectivity index (χ0) is 21.6. The third-order valence-corrected chi connectivity index (χ3v) is 5.92. The molecule has 0 saturated carbocycles. The van der Waals surface area contributed by atoms with Crippen molar-refractivity contribution in [2.75, 3.05) is 25.0 Å². The molecule has 1 aliphatic rings. The summed E-state index contributed by atoms with van der Waals surface area (Å²) in [6.45, 7) is 2.78. The summed E-state index contributed by atoms with van der Waals surface area (Å²) in [6.07, 6.45) is 3.84. The van der Waals surface area contributed by atoms with Crippen LogP contribution in [0.5, 0.6) is 0 Å². The van der Waals surface area contributed by atoms with Gasteiger partial charge in [-0.1, -0.05) is 48.5 Å². The number of nitrogens with zero attached hydrogens (tertiary/aromatic N) is 3. The van der Waals surface area contributed by atoms with Crippen molar-refractivity contribution in [2.24, 2.45) is 0 Å². The Bertz CT molecular complexity index is 1090. The smallest absolute Gasteiger partial charge is 0.254 e. The van der Waals surface area contributed by atoms with Crippen LogP contribution in [0.3, 0.4) is 0 Å². The van der Waals surface area contributed by atoms with Gasteiger partial charge in [0.1, 0.15) is 0 Å². The Morgan fingerprint density at radius 1 is 0.903 bits per heavy atom. The molecule has 4 heteroatoms. The van der Waals surface area contributed by atoms with Gasteiger partial charge in [-0.05, 0) is 54.7 Å². The minimum atomic E-state index is -0.0524. The number of hydrogen-bond acceptors (Lipinski definition) is 3. The molecule has 0 aliphatic carbocycles. The van der Waals surface area contributed by atoms with E-state index in [0.717, 1.165) is 29.8 Å². The van der Waals surface area contributed by atoms with Crippen molar-refractivity contribution in [1.82, 2.24) is 4.90 Å². The van der Waals surface area contributed by atoms with Crippen LogP contribution in [0.1, 0.15) is 40.7 Å². The normalized spacial score (nSPS) is 13.5. The molecule has 3 aromatic carbocycles. The number of benzene rings is 3. The molecule has 4 nitrogen and oxygen atoms in total. The Hall–Kier alpha value is -3.58. The lowest BCUT2D eigenvalue weighted by molar-refractivity contribution is 0.0786. The summed E-state index contributed by atoms with van der Waals surface area (Å²) >= 11 is 0. The lowest BCUT2D eigenvalue weighted by Gasteiger charge is -2.29. The summed E-state index contributed by atoms with van der Waals surface area (Å²) in [5.41, 5.74) is 5.11. The standard InChI is InChI=1S/C27H27N3O/c1-29(20-21-13-15-23(16-14-21)30-17-7-2-8-18-30)27(31)26-12-6-5-11-25(26)24-10-4-3-9-22(24)19-28/h3-6,9-16H,2,7-8,17-18,20H2,1H3. The molecule has 1 saturated heterocycles. The summed E-state index contributed by atoms with van der Waals surface area (Å²) in [4.78, 5) is 17.5. The second-order valence-electron chi connectivity index (χ2n) is 8.08. The van der Waals surface area contributed by atoms with Crippen molar-refractivity contribution >= 4 is 11.6 Å². The number of piperidine rings is 1. The first-order valence-corrected chi connectivity index (χ1v) is 10.9. The average Bonchev–Trinajstić information content (AvgIpc) is 2.84. The maximum Gasteiger partial charge on any atom is 0.254 e. The molecule has 4 rings (SSSR count). The lowest BCUT2D eigenvalue weighted by Crippen LogP contribution is -2.29. The van der Waals surface area contributed by atoms with Crippen molar-refractivity contribution in [3.63, 3.8) is 0 Å². The van der Waals surface area contributed by atoms with Gasteiger partial charge in [0.15, 0.2) is 0 Å². The highest BCUT2D eigenvalue weighted by atomic mass is 16.2. The molecule has 3 aromatic rings. The van der Waals surface area contributed by atoms with E-state index in [0.29, 0.717) is 17.7 Å². The highest BCUT2D eigenvalue weighted by Gasteiger charge is 2.18. The Labute approximate surface area is 184 Å². The lowest BCUT2D eigenvalue weighted by atomic mass is 9.95. The van der Waals surface area contributed by atoms with E-state index in [-0.39, 0.29) is 5.91 Å². The number of nitriles is 1. The van der Waals surface area contributed by atoms with E-state index in [1.54, 1.807) is 11.0 Å². The molecule has 0 atom stereocenters. The topological polar surface area (TPSA) is 47.3 Å². The summed E-state index contributed by atoms with van der Waals surface area (Å²) < 4.78 is 0. The molecule has 31 heavy (non-hydrogen) atoms. The van der Waals surface area contributed by atoms with E-state index in [2.05, 4.69) is 35.2 Å². The Kier molecular flexibility index (Phi) is 6.33. The van der Waals surface area contributed by atoms with Crippen LogP contribution in [0.4, 0.5) is 5.69 Å². The van der Waals surface area contributed by atoms with Crippen molar-refractivity contribution in [1.29, 1.82) is 5.26 Å². The highest BCUT2D eigenvalue weighted by Crippen LogP contribution is 2.28. The van der Waals surface area contributed by atoms with Crippen molar-refractivity contribution in [3.8, 4) is 17.2 Å². The summed E-state index contributed by atoms with van der Waals surface area (Å²) in [5.74, 6) is -0.0524. The molecule has 0 aromatic heterocycles. The maximum atomic E-state index is 13.3. The monoisotopic (exact) mass is 409 g/mol. The molecule has 0 unspecified atom stereocenters. The van der Waals surface area contributed by atoms with Crippen LogP contribution in [0.25, 0.3) is 11.1 Å². The Morgan fingerprint density at radius 3 is 2.26 bits per heavy atom. The van der Waals surface area contributed by atoms with Gasteiger partial charge in [-0.3, -0.25) is 4.79 Å². The molecule has 0 N–H and O–H groups in total. The predicted octanol–water partition coefficient (Wildman–Crippen LogP) is 5.49. The van der Waals surface area contributed by atoms with Crippen LogP contribution >= 0.6 is 0 Å². The molecule has 0 spiro atoms. The van der Waals surface area contributed by atoms with E-state index < -0.39 is 0 Å². The van der Waals surface area contributed by atoms with Crippen LogP contribution in [-0.4, -0.2) is 30.9 Å². The van der Waals surface area contributed by atoms with Crippen LogP contribution < -0.4 is 4.90 Å². The van der Waals surface area contributed by atoms with Gasteiger partial charge in [0, 0.05) is 43.5 Å². The molecule has 0 bridgehead atoms. The highest BCUT2D eigenvalue weighted by molar-refractivity contribution is 6.01. The quantitative estimate of drug-likeness (QED) is 0.560. The van der Waals surface area contributed by atoms with Gasteiger partial charge < -0.3 is 9.80 Å². The van der Waals surface area contributed by atoms with E-state index in [9.17, 15) is 10.1 Å². The first-order chi connectivity index (χ1) is 15.2. The predicted molar refractivity (Wildman–Crippen MR) is 125 cm³/mol. The van der Waals surface area contributed by atoms with E-state index >= 15 is 0 Å². The number of carbonyl (C=O) groups is 1. The van der Waals surface area contributed by atoms with Crippen molar-refractivity contribution in [2.45, 2.75) is 25.8 Å². The van der Waals surface area contributed by atoms with E-state index in [1.807, 2.05) is 49.5 Å². The number of rotatable bonds is 5. The maximum absolute atomic E-state index is 13.3. The third kappa shape index (κ3) is 4.62. The fourth-order valence-electron chi connectivity index (χ4n) is 4.24. The minimum Gasteiger partial charge on any atom is -0.372 e. The van der Waals surface area contributed by atoms with Gasteiger partial charge in [0.2, 0.25) is 0 Å². The van der Waals surface area contributed by atoms with Crippen LogP contribution in [0.2, 0.25) is 0 Å². The second-order valence-corrected chi connectivity index (χ2v) is 8.08. The van der Waals surface area contributed by atoms with E-state index in [1.165, 1.54) is 24.9 Å². The molecular weight excluding hydrogens is 382 g/mol. The van der Waals surface area contributed by atoms with Crippen LogP contribution in [-0.2, 0) is 6.54 Å². The zero-order valence-electron chi connectivity index (χ0n) is 17.9. The molecule has 1 aliphatic heterocycles. The number of anilines is 1. The fraction of sp³-hybridized carbons (Fsp3) is 0.259.